The van der Waals surface area contributed by atoms with Crippen molar-refractivity contribution in [1.82, 2.24) is 4.90 Å². The lowest BCUT2D eigenvalue weighted by Crippen LogP contribution is -2.48. The molecule has 0 aliphatic carbocycles. The van der Waals surface area contributed by atoms with E-state index in [1.807, 2.05) is 0 Å². The molecule has 1 aliphatic rings. The van der Waals surface area contributed by atoms with Gasteiger partial charge in [0.25, 0.3) is 0 Å². The van der Waals surface area contributed by atoms with Gasteiger partial charge in [0.2, 0.25) is 0 Å². The minimum Gasteiger partial charge on any atom is -0.363 e. The molecule has 1 fully saturated rings. The standard InChI is InChI=1S/C10H21NO/c1-5-9-6-7-11(8-12-9)10(2,3)4/h9H,5-8H2,1-4H3. The van der Waals surface area contributed by atoms with Crippen LogP contribution in [0, 0.1) is 0 Å². The van der Waals surface area contributed by atoms with Gasteiger partial charge in [-0.3, -0.25) is 4.90 Å². The predicted molar refractivity (Wildman–Crippen MR) is 51.1 cm³/mol. The Balaban J connectivity index is 2.36. The summed E-state index contributed by atoms with van der Waals surface area (Å²) in [4.78, 5) is 2.39. The molecule has 0 aromatic rings. The van der Waals surface area contributed by atoms with Crippen LogP contribution in [0.25, 0.3) is 0 Å². The van der Waals surface area contributed by atoms with Gasteiger partial charge in [-0.05, 0) is 33.6 Å². The van der Waals surface area contributed by atoms with E-state index < -0.39 is 0 Å². The van der Waals surface area contributed by atoms with Gasteiger partial charge in [0, 0.05) is 12.1 Å². The first-order valence-corrected chi connectivity index (χ1v) is 4.90. The zero-order chi connectivity index (χ0) is 9.19. The first-order valence-electron chi connectivity index (χ1n) is 4.90. The van der Waals surface area contributed by atoms with Crippen molar-refractivity contribution in [3.63, 3.8) is 0 Å². The summed E-state index contributed by atoms with van der Waals surface area (Å²) in [5, 5.41) is 0. The maximum Gasteiger partial charge on any atom is 0.0998 e. The lowest BCUT2D eigenvalue weighted by molar-refractivity contribution is -0.100. The van der Waals surface area contributed by atoms with E-state index in [0.717, 1.165) is 13.2 Å². The van der Waals surface area contributed by atoms with E-state index in [1.165, 1.54) is 13.0 Å². The van der Waals surface area contributed by atoms with Gasteiger partial charge in [-0.25, -0.2) is 0 Å². The molecule has 0 radical (unpaired) electrons. The van der Waals surface area contributed by atoms with Crippen molar-refractivity contribution in [3.05, 3.63) is 0 Å². The first-order chi connectivity index (χ1) is 5.54. The van der Waals surface area contributed by atoms with Crippen molar-refractivity contribution in [2.45, 2.75) is 52.2 Å². The number of rotatable bonds is 1. The summed E-state index contributed by atoms with van der Waals surface area (Å²) in [5.74, 6) is 0. The van der Waals surface area contributed by atoms with Gasteiger partial charge < -0.3 is 4.74 Å². The summed E-state index contributed by atoms with van der Waals surface area (Å²) in [6.45, 7) is 10.9. The molecule has 2 heteroatoms. The summed E-state index contributed by atoms with van der Waals surface area (Å²) in [5.41, 5.74) is 0.263. The third-order valence-corrected chi connectivity index (χ3v) is 2.59. The summed E-state index contributed by atoms with van der Waals surface area (Å²) in [6, 6.07) is 0. The van der Waals surface area contributed by atoms with Gasteiger partial charge >= 0.3 is 0 Å². The van der Waals surface area contributed by atoms with Gasteiger partial charge in [-0.15, -0.1) is 0 Å². The maximum atomic E-state index is 5.69. The van der Waals surface area contributed by atoms with E-state index in [1.54, 1.807) is 0 Å². The third-order valence-electron chi connectivity index (χ3n) is 2.59. The molecule has 72 valence electrons. The highest BCUT2D eigenvalue weighted by atomic mass is 16.5. The molecule has 0 bridgehead atoms. The Bertz CT molecular complexity index is 131. The quantitative estimate of drug-likeness (QED) is 0.600. The van der Waals surface area contributed by atoms with E-state index in [0.29, 0.717) is 6.10 Å². The Morgan fingerprint density at radius 3 is 2.42 bits per heavy atom. The zero-order valence-electron chi connectivity index (χ0n) is 8.76. The van der Waals surface area contributed by atoms with Crippen molar-refractivity contribution >= 4 is 0 Å². The monoisotopic (exact) mass is 171 g/mol. The molecule has 2 nitrogen and oxygen atoms in total. The number of nitrogens with zero attached hydrogens (tertiary/aromatic N) is 1. The number of ether oxygens (including phenoxy) is 1. The molecular formula is C10H21NO. The first kappa shape index (κ1) is 10.0. The fourth-order valence-corrected chi connectivity index (χ4v) is 1.49. The average Bonchev–Trinajstić information content (AvgIpc) is 2.03. The fourth-order valence-electron chi connectivity index (χ4n) is 1.49. The fraction of sp³-hybridized carbons (Fsp3) is 1.00. The highest BCUT2D eigenvalue weighted by Crippen LogP contribution is 2.20. The molecule has 0 aromatic heterocycles. The molecule has 0 N–H and O–H groups in total. The van der Waals surface area contributed by atoms with Crippen LogP contribution < -0.4 is 0 Å². The molecule has 1 aliphatic heterocycles. The van der Waals surface area contributed by atoms with E-state index in [2.05, 4.69) is 32.6 Å². The minimum absolute atomic E-state index is 0.263. The Hall–Kier alpha value is -0.0800. The molecule has 0 amide bonds. The van der Waals surface area contributed by atoms with Gasteiger partial charge in [0.05, 0.1) is 12.8 Å². The van der Waals surface area contributed by atoms with E-state index in [4.69, 9.17) is 4.74 Å². The van der Waals surface area contributed by atoms with Crippen LogP contribution in [0.4, 0.5) is 0 Å². The number of hydrogen-bond acceptors (Lipinski definition) is 2. The van der Waals surface area contributed by atoms with E-state index in [-0.39, 0.29) is 5.54 Å². The Morgan fingerprint density at radius 2 is 2.08 bits per heavy atom. The van der Waals surface area contributed by atoms with Crippen LogP contribution in [0.2, 0.25) is 0 Å². The lowest BCUT2D eigenvalue weighted by atomic mass is 10.0. The van der Waals surface area contributed by atoms with Crippen molar-refractivity contribution in [3.8, 4) is 0 Å². The minimum atomic E-state index is 0.263. The molecule has 1 rings (SSSR count). The smallest absolute Gasteiger partial charge is 0.0998 e. The average molecular weight is 171 g/mol. The molecule has 1 saturated heterocycles. The van der Waals surface area contributed by atoms with Crippen LogP contribution >= 0.6 is 0 Å². The highest BCUT2D eigenvalue weighted by Gasteiger charge is 2.26. The molecule has 1 heterocycles. The highest BCUT2D eigenvalue weighted by molar-refractivity contribution is 4.77. The molecule has 1 unspecified atom stereocenters. The Labute approximate surface area is 75.9 Å². The molecule has 1 atom stereocenters. The van der Waals surface area contributed by atoms with Crippen LogP contribution in [0.1, 0.15) is 40.5 Å². The second kappa shape index (κ2) is 3.75. The molecule has 12 heavy (non-hydrogen) atoms. The van der Waals surface area contributed by atoms with Gasteiger partial charge in [0.1, 0.15) is 0 Å². The van der Waals surface area contributed by atoms with Crippen LogP contribution in [0.5, 0.6) is 0 Å². The summed E-state index contributed by atoms with van der Waals surface area (Å²) < 4.78 is 5.69. The maximum absolute atomic E-state index is 5.69. The summed E-state index contributed by atoms with van der Waals surface area (Å²) in [7, 11) is 0. The van der Waals surface area contributed by atoms with Gasteiger partial charge in [-0.1, -0.05) is 6.92 Å². The molecule has 0 spiro atoms. The number of hydrogen-bond donors (Lipinski definition) is 0. The van der Waals surface area contributed by atoms with Crippen molar-refractivity contribution in [1.29, 1.82) is 0 Å². The van der Waals surface area contributed by atoms with Crippen LogP contribution in [-0.2, 0) is 4.74 Å². The van der Waals surface area contributed by atoms with Crippen LogP contribution in [0.3, 0.4) is 0 Å². The van der Waals surface area contributed by atoms with E-state index in [9.17, 15) is 0 Å². The molecule has 0 saturated carbocycles. The SMILES string of the molecule is CCC1CCN(C(C)(C)C)CO1. The van der Waals surface area contributed by atoms with Crippen molar-refractivity contribution in [2.75, 3.05) is 13.3 Å². The summed E-state index contributed by atoms with van der Waals surface area (Å²) >= 11 is 0. The topological polar surface area (TPSA) is 12.5 Å². The zero-order valence-corrected chi connectivity index (χ0v) is 8.76. The normalized spacial score (nSPS) is 27.5. The predicted octanol–water partition coefficient (Wildman–Crippen LogP) is 2.24. The second-order valence-corrected chi connectivity index (χ2v) is 4.55. The summed E-state index contributed by atoms with van der Waals surface area (Å²) in [6.07, 6.45) is 2.84. The van der Waals surface area contributed by atoms with E-state index >= 15 is 0 Å². The second-order valence-electron chi connectivity index (χ2n) is 4.55. The molecular weight excluding hydrogens is 150 g/mol. The lowest BCUT2D eigenvalue weighted by Gasteiger charge is -2.40. The van der Waals surface area contributed by atoms with Crippen LogP contribution in [0.15, 0.2) is 0 Å². The van der Waals surface area contributed by atoms with Gasteiger partial charge in [-0.2, -0.15) is 0 Å². The van der Waals surface area contributed by atoms with Crippen molar-refractivity contribution in [2.24, 2.45) is 0 Å². The Morgan fingerprint density at radius 1 is 1.42 bits per heavy atom. The Kier molecular flexibility index (Phi) is 3.13. The largest absolute Gasteiger partial charge is 0.363 e. The van der Waals surface area contributed by atoms with Crippen LogP contribution in [-0.4, -0.2) is 29.8 Å². The molecule has 0 aromatic carbocycles. The van der Waals surface area contributed by atoms with Crippen molar-refractivity contribution < 1.29 is 4.74 Å². The van der Waals surface area contributed by atoms with Gasteiger partial charge in [0.15, 0.2) is 0 Å². The third kappa shape index (κ3) is 2.46.